The van der Waals surface area contributed by atoms with E-state index in [1.54, 1.807) is 0 Å². The molecule has 12 nitrogen and oxygen atoms in total. The number of piperazine rings is 3. The number of unbranched alkanes of at least 4 members (excludes halogenated alkanes) is 2. The lowest BCUT2D eigenvalue weighted by Crippen LogP contribution is -2.53. The molecule has 0 atom stereocenters. The van der Waals surface area contributed by atoms with Crippen LogP contribution in [0.5, 0.6) is 0 Å². The average Bonchev–Trinajstić information content (AvgIpc) is 0.812. The van der Waals surface area contributed by atoms with Crippen molar-refractivity contribution in [3.05, 3.63) is 0 Å². The molecule has 0 spiro atoms. The van der Waals surface area contributed by atoms with E-state index in [1.807, 2.05) is 0 Å². The molecular weight excluding hydrogens is 1330 g/mol. The number of rotatable bonds is 20. The van der Waals surface area contributed by atoms with E-state index in [0.29, 0.717) is 95.3 Å². The summed E-state index contributed by atoms with van der Waals surface area (Å²) in [6.07, 6.45) is 25.2. The standard InChI is InChI=1S/C23H45N3O.C22H43N3O.C18H37N.C17H35N.C16H34N2/c1-21(2,3)9-8-12-24-15-17-25(18-16-24)19-20(27)26-13-10-23(7,11-14-26)22(4,5)6;1-20(2,3)22(7)10-13-24(14-11-22)19(26)9-8-12-23-15-17-25(18-16-23)21(4,5)6;1-16(2,3)10-8-9-13-19-14-11-18(7,12-15-19)17(4,5)6;1-15(2,3)9-8-12-18-13-10-17(7,11-14-18)16(4,5)6;1-15(2,3)9-7-8-10-17-11-13-18(14-12-17)16(4,5)6/h8-19H2,1-7H3;8-18H2,1-7H3;8-15H2,1-7H3;8-14H2,1-7H3;7-14H2,1-6H3. The number of hydrogen-bond acceptors (Lipinski definition) is 10. The van der Waals surface area contributed by atoms with Gasteiger partial charge in [0.2, 0.25) is 11.8 Å². The molecule has 640 valence electrons. The zero-order valence-electron chi connectivity index (χ0n) is 79.8. The Kier molecular flexibility index (Phi) is 39.8. The first-order valence-corrected chi connectivity index (χ1v) is 45.5. The molecule has 2 amide bonds. The van der Waals surface area contributed by atoms with Crippen LogP contribution in [0.15, 0.2) is 0 Å². The van der Waals surface area contributed by atoms with Crippen LogP contribution in [0.2, 0.25) is 0 Å². The van der Waals surface area contributed by atoms with Crippen LogP contribution in [0.3, 0.4) is 0 Å². The fourth-order valence-electron chi connectivity index (χ4n) is 17.0. The van der Waals surface area contributed by atoms with Gasteiger partial charge >= 0.3 is 0 Å². The molecule has 7 aliphatic rings. The number of amides is 2. The molecule has 12 heteroatoms. The summed E-state index contributed by atoms with van der Waals surface area (Å²) in [7, 11) is 0. The minimum atomic E-state index is 0.276. The maximum Gasteiger partial charge on any atom is 0.236 e. The van der Waals surface area contributed by atoms with E-state index in [-0.39, 0.29) is 5.54 Å². The van der Waals surface area contributed by atoms with Crippen molar-refractivity contribution in [1.29, 1.82) is 0 Å². The molecule has 0 bridgehead atoms. The van der Waals surface area contributed by atoms with Gasteiger partial charge in [0.1, 0.15) is 0 Å². The van der Waals surface area contributed by atoms with E-state index in [0.717, 1.165) is 117 Å². The molecular formula is C96H194N10O2. The quantitative estimate of drug-likeness (QED) is 0.110. The lowest BCUT2D eigenvalue weighted by molar-refractivity contribution is -0.136. The summed E-state index contributed by atoms with van der Waals surface area (Å²) in [5.74, 6) is 0.710. The molecule has 7 aliphatic heterocycles. The Morgan fingerprint density at radius 1 is 0.241 bits per heavy atom. The minimum Gasteiger partial charge on any atom is -0.343 e. The van der Waals surface area contributed by atoms with Crippen molar-refractivity contribution in [1.82, 2.24) is 49.0 Å². The van der Waals surface area contributed by atoms with E-state index in [9.17, 15) is 9.59 Å². The SMILES string of the molecule is CC(C)(C)CCCCN1CCC(C)(C(C)(C)C)CC1.CC(C)(C)CCCCN1CCN(C(C)(C)C)CC1.CC(C)(C)CCCN1CCC(C)(C(C)(C)C)CC1.CC(C)(C)CCCN1CCN(CC(=O)N2CCC(C)(C(C)(C)C)CC2)CC1.CC(C)(C)N1CCN(CCCC(=O)N2CCC(C)(C(C)(C)C)CC2)CC1. The van der Waals surface area contributed by atoms with Crippen molar-refractivity contribution in [2.45, 2.75) is 375 Å². The Hall–Kier alpha value is -1.38. The maximum atomic E-state index is 12.8. The molecule has 0 aromatic carbocycles. The van der Waals surface area contributed by atoms with Gasteiger partial charge in [0, 0.05) is 122 Å². The number of carbonyl (C=O) groups is 2. The lowest BCUT2D eigenvalue weighted by atomic mass is 9.63. The zero-order chi connectivity index (χ0) is 82.5. The second-order valence-electron chi connectivity index (χ2n) is 48.3. The third-order valence-electron chi connectivity index (χ3n) is 29.0. The number of nitrogens with zero attached hydrogens (tertiary/aromatic N) is 10. The van der Waals surface area contributed by atoms with Crippen LogP contribution < -0.4 is 0 Å². The zero-order valence-corrected chi connectivity index (χ0v) is 79.8. The topological polar surface area (TPSA) is 66.5 Å². The molecule has 0 aromatic rings. The largest absolute Gasteiger partial charge is 0.343 e. The van der Waals surface area contributed by atoms with Gasteiger partial charge in [0.15, 0.2) is 0 Å². The van der Waals surface area contributed by atoms with Gasteiger partial charge in [-0.15, -0.1) is 0 Å². The van der Waals surface area contributed by atoms with E-state index in [1.165, 1.54) is 168 Å². The Morgan fingerprint density at radius 3 is 0.713 bits per heavy atom. The highest BCUT2D eigenvalue weighted by Crippen LogP contribution is 2.50. The number of likely N-dealkylation sites (tertiary alicyclic amines) is 4. The van der Waals surface area contributed by atoms with Crippen LogP contribution in [-0.2, 0) is 9.59 Å². The Morgan fingerprint density at radius 2 is 0.454 bits per heavy atom. The van der Waals surface area contributed by atoms with Gasteiger partial charge in [0.05, 0.1) is 6.54 Å². The normalized spacial score (nSPS) is 22.2. The summed E-state index contributed by atoms with van der Waals surface area (Å²) < 4.78 is 0. The highest BCUT2D eigenvalue weighted by molar-refractivity contribution is 5.78. The number of piperidine rings is 4. The van der Waals surface area contributed by atoms with Gasteiger partial charge in [-0.1, -0.05) is 207 Å². The molecule has 0 aromatic heterocycles. The second-order valence-corrected chi connectivity index (χ2v) is 48.3. The highest BCUT2D eigenvalue weighted by atomic mass is 16.2. The average molecular weight is 1520 g/mol. The molecule has 0 aliphatic carbocycles. The predicted octanol–water partition coefficient (Wildman–Crippen LogP) is 21.9. The van der Waals surface area contributed by atoms with E-state index < -0.39 is 0 Å². The van der Waals surface area contributed by atoms with Gasteiger partial charge < -0.3 is 34.3 Å². The van der Waals surface area contributed by atoms with Crippen molar-refractivity contribution < 1.29 is 9.59 Å². The third kappa shape index (κ3) is 37.7. The highest BCUT2D eigenvalue weighted by Gasteiger charge is 2.44. The summed E-state index contributed by atoms with van der Waals surface area (Å²) in [6.45, 7) is 110. The Balaban J connectivity index is 0.000000354. The fraction of sp³-hybridized carbons (Fsp3) is 0.979. The minimum absolute atomic E-state index is 0.276. The molecule has 108 heavy (non-hydrogen) atoms. The lowest BCUT2D eigenvalue weighted by Gasteiger charge is -2.48. The molecule has 7 fully saturated rings. The van der Waals surface area contributed by atoms with Crippen LogP contribution >= 0.6 is 0 Å². The predicted molar refractivity (Wildman–Crippen MR) is 475 cm³/mol. The van der Waals surface area contributed by atoms with E-state index >= 15 is 0 Å². The van der Waals surface area contributed by atoms with Crippen LogP contribution in [0, 0.1) is 65.0 Å². The Bertz CT molecular complexity index is 2450. The van der Waals surface area contributed by atoms with E-state index in [4.69, 9.17) is 0 Å². The van der Waals surface area contributed by atoms with Crippen molar-refractivity contribution >= 4 is 11.8 Å². The molecule has 0 radical (unpaired) electrons. The molecule has 0 N–H and O–H groups in total. The molecule has 0 unspecified atom stereocenters. The van der Waals surface area contributed by atoms with Crippen LogP contribution in [0.4, 0.5) is 0 Å². The molecule has 7 saturated heterocycles. The van der Waals surface area contributed by atoms with Gasteiger partial charge in [-0.2, -0.15) is 0 Å². The van der Waals surface area contributed by atoms with Crippen LogP contribution in [0.1, 0.15) is 364 Å². The van der Waals surface area contributed by atoms with Gasteiger partial charge in [-0.3, -0.25) is 24.3 Å². The smallest absolute Gasteiger partial charge is 0.236 e. The monoisotopic (exact) mass is 1520 g/mol. The summed E-state index contributed by atoms with van der Waals surface area (Å²) in [4.78, 5) is 50.2. The summed E-state index contributed by atoms with van der Waals surface area (Å²) in [5.41, 5.74) is 5.87. The van der Waals surface area contributed by atoms with Gasteiger partial charge in [-0.25, -0.2) is 0 Å². The molecule has 7 heterocycles. The van der Waals surface area contributed by atoms with Crippen molar-refractivity contribution in [3.63, 3.8) is 0 Å². The maximum absolute atomic E-state index is 12.8. The van der Waals surface area contributed by atoms with Gasteiger partial charge in [0.25, 0.3) is 0 Å². The van der Waals surface area contributed by atoms with Crippen LogP contribution in [-0.4, -0.2) is 242 Å². The summed E-state index contributed by atoms with van der Waals surface area (Å²) >= 11 is 0. The van der Waals surface area contributed by atoms with Crippen LogP contribution in [0.25, 0.3) is 0 Å². The van der Waals surface area contributed by atoms with Gasteiger partial charge in [-0.05, 0) is 275 Å². The third-order valence-corrected chi connectivity index (χ3v) is 29.0. The van der Waals surface area contributed by atoms with E-state index in [2.05, 4.69) is 284 Å². The van der Waals surface area contributed by atoms with Crippen molar-refractivity contribution in [2.75, 3.05) is 170 Å². The number of carbonyl (C=O) groups excluding carboxylic acids is 2. The van der Waals surface area contributed by atoms with Crippen molar-refractivity contribution in [2.24, 2.45) is 65.0 Å². The van der Waals surface area contributed by atoms with Crippen molar-refractivity contribution in [3.8, 4) is 0 Å². The molecule has 7 rings (SSSR count). The fourth-order valence-corrected chi connectivity index (χ4v) is 17.0. The first kappa shape index (κ1) is 101. The first-order chi connectivity index (χ1) is 49.1. The first-order valence-electron chi connectivity index (χ1n) is 45.5. The summed E-state index contributed by atoms with van der Waals surface area (Å²) in [6, 6.07) is 0. The second kappa shape index (κ2) is 42.7. The number of hydrogen-bond donors (Lipinski definition) is 0. The Labute approximate surface area is 676 Å². The summed E-state index contributed by atoms with van der Waals surface area (Å²) in [5, 5.41) is 0. The molecule has 0 saturated carbocycles.